The second kappa shape index (κ2) is 11.1. The number of aryl methyl sites for hydroxylation is 1. The zero-order chi connectivity index (χ0) is 22.3. The van der Waals surface area contributed by atoms with E-state index < -0.39 is 0 Å². The fourth-order valence-corrected chi connectivity index (χ4v) is 5.00. The monoisotopic (exact) mass is 428 g/mol. The van der Waals surface area contributed by atoms with Crippen LogP contribution in [0.2, 0.25) is 0 Å². The molecule has 1 saturated heterocycles. The van der Waals surface area contributed by atoms with E-state index in [-0.39, 0.29) is 5.97 Å². The Hall–Kier alpha value is -1.85. The highest BCUT2D eigenvalue weighted by Crippen LogP contribution is 2.36. The molecule has 1 N–H and O–H groups in total. The molecule has 0 unspecified atom stereocenters. The van der Waals surface area contributed by atoms with Gasteiger partial charge in [-0.2, -0.15) is 0 Å². The van der Waals surface area contributed by atoms with Gasteiger partial charge in [0.05, 0.1) is 12.7 Å². The molecule has 2 aliphatic rings. The molecule has 5 heteroatoms. The molecule has 0 radical (unpaired) electrons. The summed E-state index contributed by atoms with van der Waals surface area (Å²) in [6.07, 6.45) is 10.9. The lowest BCUT2D eigenvalue weighted by Crippen LogP contribution is -2.53. The lowest BCUT2D eigenvalue weighted by Gasteiger charge is -2.48. The summed E-state index contributed by atoms with van der Waals surface area (Å²) in [6, 6.07) is 6.78. The number of esters is 1. The van der Waals surface area contributed by atoms with Crippen LogP contribution in [0.25, 0.3) is 6.08 Å². The van der Waals surface area contributed by atoms with E-state index in [0.29, 0.717) is 24.3 Å². The molecule has 1 saturated carbocycles. The Labute approximate surface area is 188 Å². The highest BCUT2D eigenvalue weighted by Gasteiger charge is 2.38. The molecular formula is C26H40N2O3. The number of piperidine rings is 1. The van der Waals surface area contributed by atoms with Crippen molar-refractivity contribution >= 4 is 17.7 Å². The molecule has 0 amide bonds. The molecule has 0 aromatic heterocycles. The molecule has 2 fully saturated rings. The number of hydrogen-bond donors (Lipinski definition) is 1. The molecule has 5 nitrogen and oxygen atoms in total. The quantitative estimate of drug-likeness (QED) is 0.456. The fraction of sp³-hybridized carbons (Fsp3) is 0.654. The third kappa shape index (κ3) is 6.56. The zero-order valence-electron chi connectivity index (χ0n) is 19.8. The van der Waals surface area contributed by atoms with Crippen LogP contribution in [0.5, 0.6) is 0 Å². The Bertz CT molecular complexity index is 745. The number of nitrogens with one attached hydrogen (secondary N) is 1. The lowest BCUT2D eigenvalue weighted by atomic mass is 9.79. The minimum atomic E-state index is -0.297. The van der Waals surface area contributed by atoms with Gasteiger partial charge >= 0.3 is 5.97 Å². The van der Waals surface area contributed by atoms with Crippen LogP contribution in [0.3, 0.4) is 0 Å². The number of carbonyl (C=O) groups is 1. The Morgan fingerprint density at radius 2 is 1.87 bits per heavy atom. The largest absolute Gasteiger partial charge is 0.463 e. The number of benzene rings is 1. The Morgan fingerprint density at radius 1 is 1.16 bits per heavy atom. The number of anilines is 1. The molecule has 1 aliphatic carbocycles. The first kappa shape index (κ1) is 23.8. The second-order valence-electron chi connectivity index (χ2n) is 9.23. The van der Waals surface area contributed by atoms with E-state index in [1.54, 1.807) is 0 Å². The summed E-state index contributed by atoms with van der Waals surface area (Å²) in [6.45, 7) is 12.0. The Morgan fingerprint density at radius 3 is 2.52 bits per heavy atom. The summed E-state index contributed by atoms with van der Waals surface area (Å²) in [5.41, 5.74) is 3.66. The van der Waals surface area contributed by atoms with E-state index in [1.807, 2.05) is 13.0 Å². The van der Waals surface area contributed by atoms with Crippen molar-refractivity contribution in [2.45, 2.75) is 83.9 Å². The first-order valence-corrected chi connectivity index (χ1v) is 12.0. The smallest absolute Gasteiger partial charge is 0.330 e. The van der Waals surface area contributed by atoms with Crippen LogP contribution in [0.1, 0.15) is 70.4 Å². The number of rotatable bonds is 8. The van der Waals surface area contributed by atoms with Crippen molar-refractivity contribution in [2.24, 2.45) is 0 Å². The molecule has 1 heterocycles. The maximum absolute atomic E-state index is 11.7. The SMILES string of the molecule is CCOC(=O)/C=C/c1ccc(C)cc1NC1CCN([C@]2(C)CC[C@@H](OCC)CC2)CC1. The number of ether oxygens (including phenoxy) is 2. The first-order chi connectivity index (χ1) is 14.9. The summed E-state index contributed by atoms with van der Waals surface area (Å²) in [5, 5.41) is 3.76. The zero-order valence-corrected chi connectivity index (χ0v) is 19.8. The van der Waals surface area contributed by atoms with E-state index in [1.165, 1.54) is 37.3 Å². The van der Waals surface area contributed by atoms with Gasteiger partial charge in [-0.05, 0) is 89.5 Å². The summed E-state index contributed by atoms with van der Waals surface area (Å²) < 4.78 is 10.9. The third-order valence-electron chi connectivity index (χ3n) is 6.92. The molecule has 1 aromatic rings. The molecule has 3 rings (SSSR count). The molecule has 172 valence electrons. The van der Waals surface area contributed by atoms with E-state index >= 15 is 0 Å². The highest BCUT2D eigenvalue weighted by molar-refractivity contribution is 5.88. The number of likely N-dealkylation sites (tertiary alicyclic amines) is 1. The summed E-state index contributed by atoms with van der Waals surface area (Å²) in [5.74, 6) is -0.297. The number of hydrogen-bond acceptors (Lipinski definition) is 5. The van der Waals surface area contributed by atoms with Crippen molar-refractivity contribution < 1.29 is 14.3 Å². The van der Waals surface area contributed by atoms with Crippen LogP contribution in [-0.4, -0.2) is 54.9 Å². The summed E-state index contributed by atoms with van der Waals surface area (Å²) in [4.78, 5) is 14.4. The van der Waals surface area contributed by atoms with Crippen molar-refractivity contribution in [1.29, 1.82) is 0 Å². The van der Waals surface area contributed by atoms with E-state index in [4.69, 9.17) is 9.47 Å². The molecular weight excluding hydrogens is 388 g/mol. The van der Waals surface area contributed by atoms with Crippen LogP contribution in [0.15, 0.2) is 24.3 Å². The topological polar surface area (TPSA) is 50.8 Å². The Balaban J connectivity index is 1.56. The maximum atomic E-state index is 11.7. The van der Waals surface area contributed by atoms with Gasteiger partial charge in [-0.25, -0.2) is 4.79 Å². The van der Waals surface area contributed by atoms with Crippen molar-refractivity contribution in [1.82, 2.24) is 4.90 Å². The van der Waals surface area contributed by atoms with E-state index in [2.05, 4.69) is 49.2 Å². The predicted molar refractivity (Wildman–Crippen MR) is 127 cm³/mol. The van der Waals surface area contributed by atoms with E-state index in [9.17, 15) is 4.79 Å². The molecule has 0 bridgehead atoms. The van der Waals surface area contributed by atoms with Gasteiger partial charge in [0.2, 0.25) is 0 Å². The van der Waals surface area contributed by atoms with Crippen molar-refractivity contribution in [3.8, 4) is 0 Å². The van der Waals surface area contributed by atoms with Crippen LogP contribution in [-0.2, 0) is 14.3 Å². The minimum absolute atomic E-state index is 0.297. The average Bonchev–Trinajstić information content (AvgIpc) is 2.76. The molecule has 0 atom stereocenters. The lowest BCUT2D eigenvalue weighted by molar-refractivity contribution is -0.137. The average molecular weight is 429 g/mol. The highest BCUT2D eigenvalue weighted by atomic mass is 16.5. The Kier molecular flexibility index (Phi) is 8.56. The van der Waals surface area contributed by atoms with Gasteiger partial charge in [-0.1, -0.05) is 12.1 Å². The normalized spacial score (nSPS) is 25.6. The van der Waals surface area contributed by atoms with Gasteiger partial charge < -0.3 is 14.8 Å². The standard InChI is InChI=1S/C26H40N2O3/c1-5-30-23-11-15-26(4,16-12-23)28-17-13-22(14-18-28)27-24-19-20(3)7-8-21(24)9-10-25(29)31-6-2/h7-10,19,22-23,27H,5-6,11-18H2,1-4H3/b10-9+/t23-,26-. The first-order valence-electron chi connectivity index (χ1n) is 12.0. The van der Waals surface area contributed by atoms with Crippen molar-refractivity contribution in [3.05, 3.63) is 35.4 Å². The molecule has 31 heavy (non-hydrogen) atoms. The van der Waals surface area contributed by atoms with Crippen LogP contribution < -0.4 is 5.32 Å². The van der Waals surface area contributed by atoms with Gasteiger partial charge in [0.15, 0.2) is 0 Å². The minimum Gasteiger partial charge on any atom is -0.463 e. The van der Waals surface area contributed by atoms with Crippen LogP contribution in [0, 0.1) is 6.92 Å². The van der Waals surface area contributed by atoms with Crippen molar-refractivity contribution in [2.75, 3.05) is 31.6 Å². The molecule has 0 spiro atoms. The van der Waals surface area contributed by atoms with Gasteiger partial charge in [0, 0.05) is 43.0 Å². The van der Waals surface area contributed by atoms with Gasteiger partial charge in [0.1, 0.15) is 0 Å². The number of nitrogens with zero attached hydrogens (tertiary/aromatic N) is 1. The van der Waals surface area contributed by atoms with Gasteiger partial charge in [-0.3, -0.25) is 4.90 Å². The van der Waals surface area contributed by atoms with Crippen molar-refractivity contribution in [3.63, 3.8) is 0 Å². The fourth-order valence-electron chi connectivity index (χ4n) is 5.00. The van der Waals surface area contributed by atoms with E-state index in [0.717, 1.165) is 43.8 Å². The molecule has 1 aliphatic heterocycles. The number of carbonyl (C=O) groups excluding carboxylic acids is 1. The molecule has 1 aromatic carbocycles. The van der Waals surface area contributed by atoms with Gasteiger partial charge in [-0.15, -0.1) is 0 Å². The van der Waals surface area contributed by atoms with Gasteiger partial charge in [0.25, 0.3) is 0 Å². The second-order valence-corrected chi connectivity index (χ2v) is 9.23. The van der Waals surface area contributed by atoms with Crippen LogP contribution >= 0.6 is 0 Å². The predicted octanol–water partition coefficient (Wildman–Crippen LogP) is 5.19. The third-order valence-corrected chi connectivity index (χ3v) is 6.92. The van der Waals surface area contributed by atoms with Crippen LogP contribution in [0.4, 0.5) is 5.69 Å². The summed E-state index contributed by atoms with van der Waals surface area (Å²) >= 11 is 0. The summed E-state index contributed by atoms with van der Waals surface area (Å²) in [7, 11) is 0. The maximum Gasteiger partial charge on any atom is 0.330 e.